The lowest BCUT2D eigenvalue weighted by Gasteiger charge is -2.36. The third-order valence-corrected chi connectivity index (χ3v) is 5.72. The number of hydrogen-bond acceptors (Lipinski definition) is 7. The summed E-state index contributed by atoms with van der Waals surface area (Å²) in [5.74, 6) is 1.75. The molecule has 8 nitrogen and oxygen atoms in total. The second-order valence-electron chi connectivity index (χ2n) is 7.49. The second-order valence-corrected chi connectivity index (χ2v) is 7.84. The summed E-state index contributed by atoms with van der Waals surface area (Å²) in [5, 5.41) is 4.51. The normalized spacial score (nSPS) is 18.7. The molecule has 0 unspecified atom stereocenters. The lowest BCUT2D eigenvalue weighted by atomic mass is 10.2. The molecule has 3 aromatic rings. The van der Waals surface area contributed by atoms with Crippen molar-refractivity contribution in [2.24, 2.45) is 0 Å². The summed E-state index contributed by atoms with van der Waals surface area (Å²) in [4.78, 5) is 17.3. The highest BCUT2D eigenvalue weighted by Crippen LogP contribution is 2.31. The molecule has 1 saturated heterocycles. The van der Waals surface area contributed by atoms with Crippen LogP contribution in [0.3, 0.4) is 0 Å². The maximum Gasteiger partial charge on any atom is 0.288 e. The maximum atomic E-state index is 12.9. The molecule has 0 radical (unpaired) electrons. The smallest absolute Gasteiger partial charge is 0.288 e. The van der Waals surface area contributed by atoms with Crippen LogP contribution in [0.15, 0.2) is 59.0 Å². The van der Waals surface area contributed by atoms with Gasteiger partial charge in [0.1, 0.15) is 6.61 Å². The Kier molecular flexibility index (Phi) is 5.44. The van der Waals surface area contributed by atoms with E-state index in [4.69, 9.17) is 26.1 Å². The highest BCUT2D eigenvalue weighted by molar-refractivity contribution is 7.71. The summed E-state index contributed by atoms with van der Waals surface area (Å²) >= 11 is 5.34. The lowest BCUT2D eigenvalue weighted by molar-refractivity contribution is -0.143. The highest BCUT2D eigenvalue weighted by atomic mass is 32.1. The fraction of sp³-hybridized carbons (Fsp3) is 0.318. The van der Waals surface area contributed by atoms with Crippen molar-refractivity contribution in [1.82, 2.24) is 19.6 Å². The molecular weight excluding hydrogens is 416 g/mol. The van der Waals surface area contributed by atoms with Gasteiger partial charge in [0, 0.05) is 31.7 Å². The number of hydrogen-bond donors (Lipinski definition) is 0. The fourth-order valence-electron chi connectivity index (χ4n) is 3.74. The van der Waals surface area contributed by atoms with Crippen molar-refractivity contribution in [2.45, 2.75) is 12.8 Å². The molecule has 1 atom stereocenters. The molecule has 2 aromatic carbocycles. The summed E-state index contributed by atoms with van der Waals surface area (Å²) < 4.78 is 18.9. The predicted molar refractivity (Wildman–Crippen MR) is 115 cm³/mol. The molecule has 0 spiro atoms. The van der Waals surface area contributed by atoms with E-state index in [0.29, 0.717) is 55.1 Å². The first kappa shape index (κ1) is 19.8. The van der Waals surface area contributed by atoms with E-state index in [1.54, 1.807) is 4.68 Å². The monoisotopic (exact) mass is 438 g/mol. The summed E-state index contributed by atoms with van der Waals surface area (Å²) in [5.41, 5.74) is 0.888. The van der Waals surface area contributed by atoms with Gasteiger partial charge in [0.25, 0.3) is 10.7 Å². The van der Waals surface area contributed by atoms with Crippen LogP contribution in [0.5, 0.6) is 11.5 Å². The van der Waals surface area contributed by atoms with Crippen molar-refractivity contribution in [2.75, 3.05) is 32.8 Å². The molecule has 160 valence electrons. The van der Waals surface area contributed by atoms with Crippen LogP contribution in [0.4, 0.5) is 0 Å². The Hall–Kier alpha value is -3.17. The first-order valence-corrected chi connectivity index (χ1v) is 10.6. The second kappa shape index (κ2) is 8.52. The number of nitrogens with zero attached hydrogens (tertiary/aromatic N) is 4. The Morgan fingerprint density at radius 3 is 2.48 bits per heavy atom. The van der Waals surface area contributed by atoms with Crippen molar-refractivity contribution < 1.29 is 18.7 Å². The van der Waals surface area contributed by atoms with Gasteiger partial charge in [0.2, 0.25) is 12.0 Å². The Morgan fingerprint density at radius 1 is 1.00 bits per heavy atom. The number of amides is 1. The zero-order valence-corrected chi connectivity index (χ0v) is 17.7. The van der Waals surface area contributed by atoms with E-state index in [9.17, 15) is 4.79 Å². The van der Waals surface area contributed by atoms with Gasteiger partial charge in [0.05, 0.1) is 6.67 Å². The summed E-state index contributed by atoms with van der Waals surface area (Å²) in [7, 11) is 0. The van der Waals surface area contributed by atoms with Crippen LogP contribution in [0, 0.1) is 4.84 Å². The van der Waals surface area contributed by atoms with Gasteiger partial charge in [-0.1, -0.05) is 30.3 Å². The van der Waals surface area contributed by atoms with Crippen molar-refractivity contribution in [3.05, 3.63) is 59.4 Å². The number of rotatable bonds is 4. The van der Waals surface area contributed by atoms with Crippen LogP contribution in [-0.2, 0) is 11.5 Å². The first-order chi connectivity index (χ1) is 15.2. The van der Waals surface area contributed by atoms with Gasteiger partial charge in [0.15, 0.2) is 11.5 Å². The fourth-order valence-corrected chi connectivity index (χ4v) is 3.91. The number of para-hydroxylation sites is 2. The number of benzene rings is 2. The Labute approximate surface area is 184 Å². The minimum absolute atomic E-state index is 0.0430. The average Bonchev–Trinajstić information content (AvgIpc) is 3.19. The molecule has 2 aliphatic rings. The van der Waals surface area contributed by atoms with Gasteiger partial charge in [-0.2, -0.15) is 0 Å². The predicted octanol–water partition coefficient (Wildman–Crippen LogP) is 2.81. The first-order valence-electron chi connectivity index (χ1n) is 10.2. The van der Waals surface area contributed by atoms with Gasteiger partial charge < -0.3 is 18.8 Å². The van der Waals surface area contributed by atoms with Crippen LogP contribution in [0.2, 0.25) is 0 Å². The maximum absolute atomic E-state index is 12.9. The Bertz CT molecular complexity index is 1120. The van der Waals surface area contributed by atoms with Gasteiger partial charge in [-0.05, 0) is 36.5 Å². The quantitative estimate of drug-likeness (QED) is 0.580. The summed E-state index contributed by atoms with van der Waals surface area (Å²) in [6.07, 6.45) is -0.612. The minimum atomic E-state index is -0.612. The van der Waals surface area contributed by atoms with Crippen LogP contribution < -0.4 is 9.47 Å². The van der Waals surface area contributed by atoms with E-state index >= 15 is 0 Å². The van der Waals surface area contributed by atoms with Gasteiger partial charge in [-0.15, -0.1) is 5.10 Å². The van der Waals surface area contributed by atoms with Crippen molar-refractivity contribution in [3.63, 3.8) is 0 Å². The number of piperazine rings is 1. The zero-order valence-electron chi connectivity index (χ0n) is 16.8. The number of aromatic nitrogens is 2. The molecule has 1 aromatic heterocycles. The van der Waals surface area contributed by atoms with E-state index in [-0.39, 0.29) is 12.5 Å². The molecule has 0 saturated carbocycles. The topological polar surface area (TPSA) is 73.0 Å². The van der Waals surface area contributed by atoms with E-state index in [1.165, 1.54) is 0 Å². The van der Waals surface area contributed by atoms with Crippen LogP contribution in [0.1, 0.15) is 0 Å². The molecular formula is C22H22N4O4S. The van der Waals surface area contributed by atoms with Crippen molar-refractivity contribution >= 4 is 18.1 Å². The van der Waals surface area contributed by atoms with Crippen molar-refractivity contribution in [3.8, 4) is 23.0 Å². The summed E-state index contributed by atoms with van der Waals surface area (Å²) in [6, 6.07) is 17.1. The third-order valence-electron chi connectivity index (χ3n) is 5.43. The minimum Gasteiger partial charge on any atom is -0.485 e. The lowest BCUT2D eigenvalue weighted by Crippen LogP contribution is -2.54. The van der Waals surface area contributed by atoms with Crippen LogP contribution >= 0.6 is 12.2 Å². The molecule has 0 aliphatic carbocycles. The molecule has 9 heteroatoms. The Balaban J connectivity index is 1.17. The molecule has 1 amide bonds. The van der Waals surface area contributed by atoms with E-state index < -0.39 is 6.10 Å². The third kappa shape index (κ3) is 4.19. The number of ether oxygens (including phenoxy) is 2. The molecule has 2 aliphatic heterocycles. The highest BCUT2D eigenvalue weighted by Gasteiger charge is 2.32. The van der Waals surface area contributed by atoms with Gasteiger partial charge in [-0.25, -0.2) is 4.68 Å². The molecule has 31 heavy (non-hydrogen) atoms. The zero-order chi connectivity index (χ0) is 21.2. The standard InChI is InChI=1S/C22H22N4O4S/c27-21(19-14-28-17-8-4-5-9-18(17)29-19)25-12-10-24(11-13-25)15-26-22(31)30-20(23-26)16-6-2-1-3-7-16/h1-9,19H,10-15H2/t19-/m0/s1. The summed E-state index contributed by atoms with van der Waals surface area (Å²) in [6.45, 7) is 3.39. The average molecular weight is 439 g/mol. The van der Waals surface area contributed by atoms with E-state index in [2.05, 4.69) is 10.00 Å². The largest absolute Gasteiger partial charge is 0.485 e. The van der Waals surface area contributed by atoms with Gasteiger partial charge >= 0.3 is 0 Å². The Morgan fingerprint density at radius 2 is 1.71 bits per heavy atom. The number of fused-ring (bicyclic) bond motifs is 1. The van der Waals surface area contributed by atoms with Crippen molar-refractivity contribution in [1.29, 1.82) is 0 Å². The molecule has 0 N–H and O–H groups in total. The number of carbonyl (C=O) groups excluding carboxylic acids is 1. The number of carbonyl (C=O) groups is 1. The molecule has 0 bridgehead atoms. The molecule has 3 heterocycles. The molecule has 1 fully saturated rings. The van der Waals surface area contributed by atoms with Crippen LogP contribution in [-0.4, -0.2) is 64.4 Å². The van der Waals surface area contributed by atoms with Crippen LogP contribution in [0.25, 0.3) is 11.5 Å². The SMILES string of the molecule is O=C([C@@H]1COc2ccccc2O1)N1CCN(Cn2nc(-c3ccccc3)oc2=S)CC1. The van der Waals surface area contributed by atoms with Gasteiger partial charge in [-0.3, -0.25) is 9.69 Å². The van der Waals surface area contributed by atoms with E-state index in [1.807, 2.05) is 59.5 Å². The van der Waals surface area contributed by atoms with E-state index in [0.717, 1.165) is 5.56 Å². The molecule has 5 rings (SSSR count).